The first-order chi connectivity index (χ1) is 8.30. The number of ether oxygens (including phenoxy) is 1. The Bertz CT molecular complexity index is 316. The van der Waals surface area contributed by atoms with Gasteiger partial charge in [-0.25, -0.2) is 4.79 Å². The summed E-state index contributed by atoms with van der Waals surface area (Å²) < 4.78 is 5.49. The standard InChI is InChI=1S/C14H26N2O2/c1-11-7-14(5-6-15-9-14)10-16(8-11)12(17)18-13(2,3)4/h11,15H,5-10H2,1-4H3. The van der Waals surface area contributed by atoms with Crippen LogP contribution in [0.4, 0.5) is 4.79 Å². The molecule has 0 radical (unpaired) electrons. The lowest BCUT2D eigenvalue weighted by Gasteiger charge is -2.43. The van der Waals surface area contributed by atoms with E-state index in [1.807, 2.05) is 25.7 Å². The summed E-state index contributed by atoms with van der Waals surface area (Å²) in [5.74, 6) is 0.561. The molecule has 0 aromatic heterocycles. The lowest BCUT2D eigenvalue weighted by molar-refractivity contribution is -0.00211. The molecule has 2 atom stereocenters. The lowest BCUT2D eigenvalue weighted by Crippen LogP contribution is -2.51. The zero-order valence-corrected chi connectivity index (χ0v) is 12.1. The number of carbonyl (C=O) groups is 1. The van der Waals surface area contributed by atoms with Crippen LogP contribution in [-0.2, 0) is 4.74 Å². The third-order valence-corrected chi connectivity index (χ3v) is 3.82. The van der Waals surface area contributed by atoms with Crippen LogP contribution in [-0.4, -0.2) is 42.8 Å². The van der Waals surface area contributed by atoms with E-state index in [0.29, 0.717) is 5.92 Å². The smallest absolute Gasteiger partial charge is 0.410 e. The van der Waals surface area contributed by atoms with Crippen molar-refractivity contribution in [1.29, 1.82) is 0 Å². The van der Waals surface area contributed by atoms with Crippen molar-refractivity contribution in [1.82, 2.24) is 10.2 Å². The van der Waals surface area contributed by atoms with Gasteiger partial charge in [0.1, 0.15) is 5.60 Å². The second kappa shape index (κ2) is 4.72. The maximum atomic E-state index is 12.2. The molecule has 2 fully saturated rings. The van der Waals surface area contributed by atoms with Crippen molar-refractivity contribution in [3.8, 4) is 0 Å². The molecule has 2 saturated heterocycles. The number of amides is 1. The molecule has 1 N–H and O–H groups in total. The molecular weight excluding hydrogens is 228 g/mol. The van der Waals surface area contributed by atoms with Crippen LogP contribution in [0.3, 0.4) is 0 Å². The van der Waals surface area contributed by atoms with Gasteiger partial charge in [0.2, 0.25) is 0 Å². The molecule has 4 heteroatoms. The van der Waals surface area contributed by atoms with Crippen molar-refractivity contribution in [2.75, 3.05) is 26.2 Å². The third kappa shape index (κ3) is 3.16. The van der Waals surface area contributed by atoms with Crippen LogP contribution in [0.1, 0.15) is 40.5 Å². The maximum Gasteiger partial charge on any atom is 0.410 e. The van der Waals surface area contributed by atoms with Crippen molar-refractivity contribution < 1.29 is 9.53 Å². The number of likely N-dealkylation sites (tertiary alicyclic amines) is 1. The van der Waals surface area contributed by atoms with Crippen LogP contribution in [0.15, 0.2) is 0 Å². The Balaban J connectivity index is 2.02. The first-order valence-corrected chi connectivity index (χ1v) is 6.98. The van der Waals surface area contributed by atoms with Gasteiger partial charge in [0.25, 0.3) is 0 Å². The highest BCUT2D eigenvalue weighted by Gasteiger charge is 2.42. The Morgan fingerprint density at radius 2 is 2.17 bits per heavy atom. The highest BCUT2D eigenvalue weighted by atomic mass is 16.6. The first-order valence-electron chi connectivity index (χ1n) is 6.98. The zero-order chi connectivity index (χ0) is 13.4. The van der Waals surface area contributed by atoms with Crippen molar-refractivity contribution in [3.63, 3.8) is 0 Å². The number of hydrogen-bond acceptors (Lipinski definition) is 3. The topological polar surface area (TPSA) is 41.6 Å². The Hall–Kier alpha value is -0.770. The van der Waals surface area contributed by atoms with Crippen molar-refractivity contribution in [2.24, 2.45) is 11.3 Å². The molecule has 4 nitrogen and oxygen atoms in total. The molecule has 104 valence electrons. The van der Waals surface area contributed by atoms with E-state index >= 15 is 0 Å². The van der Waals surface area contributed by atoms with Gasteiger partial charge in [-0.05, 0) is 46.1 Å². The van der Waals surface area contributed by atoms with Crippen LogP contribution in [0.25, 0.3) is 0 Å². The minimum atomic E-state index is -0.404. The molecule has 2 heterocycles. The summed E-state index contributed by atoms with van der Waals surface area (Å²) in [5, 5.41) is 3.43. The molecule has 2 unspecified atom stereocenters. The number of piperidine rings is 1. The molecule has 2 rings (SSSR count). The van der Waals surface area contributed by atoms with Gasteiger partial charge < -0.3 is 15.0 Å². The summed E-state index contributed by atoms with van der Waals surface area (Å²) in [6, 6.07) is 0. The van der Waals surface area contributed by atoms with Gasteiger partial charge >= 0.3 is 6.09 Å². The Morgan fingerprint density at radius 3 is 2.72 bits per heavy atom. The zero-order valence-electron chi connectivity index (χ0n) is 12.1. The fraction of sp³-hybridized carbons (Fsp3) is 0.929. The van der Waals surface area contributed by atoms with Gasteiger partial charge in [-0.2, -0.15) is 0 Å². The minimum Gasteiger partial charge on any atom is -0.444 e. The number of hydrogen-bond donors (Lipinski definition) is 1. The largest absolute Gasteiger partial charge is 0.444 e. The Morgan fingerprint density at radius 1 is 1.44 bits per heavy atom. The van der Waals surface area contributed by atoms with E-state index < -0.39 is 5.60 Å². The minimum absolute atomic E-state index is 0.152. The van der Waals surface area contributed by atoms with Crippen LogP contribution in [0, 0.1) is 11.3 Å². The van der Waals surface area contributed by atoms with Crippen molar-refractivity contribution in [3.05, 3.63) is 0 Å². The average Bonchev–Trinajstić information content (AvgIpc) is 2.62. The summed E-state index contributed by atoms with van der Waals surface area (Å²) in [6.07, 6.45) is 2.25. The summed E-state index contributed by atoms with van der Waals surface area (Å²) in [4.78, 5) is 14.1. The second-order valence-corrected chi connectivity index (χ2v) is 7.10. The van der Waals surface area contributed by atoms with Crippen molar-refractivity contribution >= 4 is 6.09 Å². The highest BCUT2D eigenvalue weighted by molar-refractivity contribution is 5.68. The quantitative estimate of drug-likeness (QED) is 0.721. The van der Waals surface area contributed by atoms with Crippen LogP contribution >= 0.6 is 0 Å². The number of rotatable bonds is 0. The maximum absolute atomic E-state index is 12.2. The van der Waals surface area contributed by atoms with E-state index in [1.54, 1.807) is 0 Å². The molecule has 18 heavy (non-hydrogen) atoms. The van der Waals surface area contributed by atoms with Crippen LogP contribution in [0.2, 0.25) is 0 Å². The summed E-state index contributed by atoms with van der Waals surface area (Å²) >= 11 is 0. The first kappa shape index (κ1) is 13.7. The van der Waals surface area contributed by atoms with Gasteiger partial charge in [-0.1, -0.05) is 6.92 Å². The van der Waals surface area contributed by atoms with E-state index in [9.17, 15) is 4.79 Å². The van der Waals surface area contributed by atoms with E-state index in [2.05, 4.69) is 12.2 Å². The van der Waals surface area contributed by atoms with Crippen molar-refractivity contribution in [2.45, 2.75) is 46.1 Å². The number of nitrogens with one attached hydrogen (secondary N) is 1. The third-order valence-electron chi connectivity index (χ3n) is 3.82. The number of nitrogens with zero attached hydrogens (tertiary/aromatic N) is 1. The predicted octanol–water partition coefficient (Wildman–Crippen LogP) is 2.24. The summed E-state index contributed by atoms with van der Waals surface area (Å²) in [5.41, 5.74) is -0.118. The fourth-order valence-electron chi connectivity index (χ4n) is 3.28. The lowest BCUT2D eigenvalue weighted by atomic mass is 9.75. The molecule has 2 aliphatic heterocycles. The van der Waals surface area contributed by atoms with Gasteiger partial charge in [-0.15, -0.1) is 0 Å². The van der Waals surface area contributed by atoms with Gasteiger partial charge in [0, 0.05) is 25.0 Å². The highest BCUT2D eigenvalue weighted by Crippen LogP contribution is 2.38. The van der Waals surface area contributed by atoms with E-state index in [-0.39, 0.29) is 11.5 Å². The molecule has 2 aliphatic rings. The molecular formula is C14H26N2O2. The molecule has 1 spiro atoms. The Kier molecular flexibility index (Phi) is 3.58. The molecule has 0 bridgehead atoms. The van der Waals surface area contributed by atoms with E-state index in [0.717, 1.165) is 26.2 Å². The molecule has 1 amide bonds. The Labute approximate surface area is 110 Å². The predicted molar refractivity (Wildman–Crippen MR) is 71.5 cm³/mol. The summed E-state index contributed by atoms with van der Waals surface area (Å²) in [6.45, 7) is 11.8. The molecule has 0 saturated carbocycles. The SMILES string of the molecule is CC1CN(C(=O)OC(C)(C)C)CC2(CCNC2)C1. The molecule has 0 aromatic carbocycles. The number of carbonyl (C=O) groups excluding carboxylic acids is 1. The van der Waals surface area contributed by atoms with Gasteiger partial charge in [0.15, 0.2) is 0 Å². The van der Waals surface area contributed by atoms with Crippen LogP contribution < -0.4 is 5.32 Å². The van der Waals surface area contributed by atoms with E-state index in [1.165, 1.54) is 12.8 Å². The monoisotopic (exact) mass is 254 g/mol. The summed E-state index contributed by atoms with van der Waals surface area (Å²) in [7, 11) is 0. The van der Waals surface area contributed by atoms with Crippen LogP contribution in [0.5, 0.6) is 0 Å². The average molecular weight is 254 g/mol. The van der Waals surface area contributed by atoms with Gasteiger partial charge in [-0.3, -0.25) is 0 Å². The fourth-order valence-corrected chi connectivity index (χ4v) is 3.28. The second-order valence-electron chi connectivity index (χ2n) is 7.10. The molecule has 0 aromatic rings. The van der Waals surface area contributed by atoms with E-state index in [4.69, 9.17) is 4.74 Å². The van der Waals surface area contributed by atoms with Gasteiger partial charge in [0.05, 0.1) is 0 Å². The normalized spacial score (nSPS) is 32.9. The molecule has 0 aliphatic carbocycles.